The number of non-ortho nitro benzene ring substituents is 1. The monoisotopic (exact) mass is 355 g/mol. The quantitative estimate of drug-likeness (QED) is 0.532. The summed E-state index contributed by atoms with van der Waals surface area (Å²) in [6, 6.07) is 17.1. The molecule has 6 heteroatoms. The van der Waals surface area contributed by atoms with Crippen LogP contribution in [0.4, 0.5) is 5.69 Å². The summed E-state index contributed by atoms with van der Waals surface area (Å²) >= 11 is 1.29. The van der Waals surface area contributed by atoms with Crippen molar-refractivity contribution in [1.29, 1.82) is 0 Å². The molecule has 1 aromatic heterocycles. The van der Waals surface area contributed by atoms with Gasteiger partial charge in [-0.2, -0.15) is 0 Å². The van der Waals surface area contributed by atoms with E-state index >= 15 is 0 Å². The van der Waals surface area contributed by atoms with Gasteiger partial charge in [-0.25, -0.2) is 0 Å². The number of nitrogens with zero attached hydrogens (tertiary/aromatic N) is 1. The van der Waals surface area contributed by atoms with Gasteiger partial charge in [0, 0.05) is 21.9 Å². The number of rotatable bonds is 5. The lowest BCUT2D eigenvalue weighted by molar-refractivity contribution is -0.385. The lowest BCUT2D eigenvalue weighted by atomic mass is 10.1. The fourth-order valence-electron chi connectivity index (χ4n) is 2.55. The number of benzene rings is 2. The Bertz CT molecular complexity index is 888. The van der Waals surface area contributed by atoms with Crippen molar-refractivity contribution in [3.05, 3.63) is 97.2 Å². The van der Waals surface area contributed by atoms with Gasteiger partial charge in [-0.15, -0.1) is 11.3 Å². The maximum atomic E-state index is 10.9. The molecule has 0 aliphatic heterocycles. The molecule has 3 aromatic rings. The first kappa shape index (κ1) is 17.3. The molecule has 1 heterocycles. The Morgan fingerprint density at radius 3 is 2.12 bits per heavy atom. The van der Waals surface area contributed by atoms with Crippen molar-refractivity contribution in [2.45, 2.75) is 19.1 Å². The molecule has 2 unspecified atom stereocenters. The van der Waals surface area contributed by atoms with Crippen LogP contribution in [0.1, 0.15) is 38.7 Å². The molecule has 0 spiro atoms. The second-order valence-electron chi connectivity index (χ2n) is 5.81. The Hall–Kier alpha value is -2.54. The van der Waals surface area contributed by atoms with Crippen molar-refractivity contribution < 1.29 is 15.1 Å². The van der Waals surface area contributed by atoms with Gasteiger partial charge in [-0.1, -0.05) is 42.0 Å². The van der Waals surface area contributed by atoms with Crippen LogP contribution in [0.15, 0.2) is 60.7 Å². The molecular formula is C19H17NO4S. The van der Waals surface area contributed by atoms with Crippen molar-refractivity contribution >= 4 is 17.0 Å². The predicted octanol–water partition coefficient (Wildman–Crippen LogP) is 4.13. The van der Waals surface area contributed by atoms with E-state index in [9.17, 15) is 20.3 Å². The highest BCUT2D eigenvalue weighted by Crippen LogP contribution is 2.34. The van der Waals surface area contributed by atoms with Gasteiger partial charge >= 0.3 is 0 Å². The van der Waals surface area contributed by atoms with E-state index in [0.29, 0.717) is 15.3 Å². The third kappa shape index (κ3) is 3.76. The van der Waals surface area contributed by atoms with E-state index in [1.54, 1.807) is 24.3 Å². The first-order chi connectivity index (χ1) is 12.0. The van der Waals surface area contributed by atoms with Gasteiger partial charge in [0.2, 0.25) is 0 Å². The molecule has 5 nitrogen and oxygen atoms in total. The van der Waals surface area contributed by atoms with Crippen LogP contribution in [0.5, 0.6) is 0 Å². The second kappa shape index (κ2) is 7.14. The fraction of sp³-hybridized carbons (Fsp3) is 0.158. The summed E-state index contributed by atoms with van der Waals surface area (Å²) in [7, 11) is 0. The summed E-state index contributed by atoms with van der Waals surface area (Å²) in [6.45, 7) is 1.98. The molecular weight excluding hydrogens is 338 g/mol. The normalized spacial score (nSPS) is 13.4. The third-order valence-corrected chi connectivity index (χ3v) is 5.17. The number of hydrogen-bond acceptors (Lipinski definition) is 5. The van der Waals surface area contributed by atoms with Gasteiger partial charge in [-0.05, 0) is 30.2 Å². The summed E-state index contributed by atoms with van der Waals surface area (Å²) in [6.07, 6.45) is -1.74. The first-order valence-electron chi connectivity index (χ1n) is 7.72. The molecule has 0 fully saturated rings. The van der Waals surface area contributed by atoms with E-state index < -0.39 is 17.1 Å². The van der Waals surface area contributed by atoms with Crippen LogP contribution in [-0.2, 0) is 0 Å². The summed E-state index contributed by atoms with van der Waals surface area (Å²) in [5, 5.41) is 31.9. The minimum atomic E-state index is -0.969. The number of aryl methyl sites for hydroxylation is 1. The number of aliphatic hydroxyl groups excluding tert-OH is 2. The van der Waals surface area contributed by atoms with Crippen LogP contribution in [-0.4, -0.2) is 15.1 Å². The number of hydrogen-bond donors (Lipinski definition) is 2. The van der Waals surface area contributed by atoms with Crippen LogP contribution in [0.3, 0.4) is 0 Å². The highest BCUT2D eigenvalue weighted by Gasteiger charge is 2.19. The summed E-state index contributed by atoms with van der Waals surface area (Å²) < 4.78 is 0. The van der Waals surface area contributed by atoms with Gasteiger partial charge in [0.1, 0.15) is 12.2 Å². The fourth-order valence-corrected chi connectivity index (χ4v) is 3.59. The molecule has 2 N–H and O–H groups in total. The standard InChI is InChI=1S/C19H17NO4S/c1-12-5-7-13(8-6-12)18(21)16-9-10-17(25-16)19(22)14-3-2-4-15(11-14)20(23)24/h2-11,18-19,21-22H,1H3. The minimum Gasteiger partial charge on any atom is -0.383 e. The van der Waals surface area contributed by atoms with Crippen molar-refractivity contribution in [3.8, 4) is 0 Å². The lowest BCUT2D eigenvalue weighted by Gasteiger charge is -2.10. The van der Waals surface area contributed by atoms with Gasteiger partial charge < -0.3 is 10.2 Å². The molecule has 0 saturated carbocycles. The number of aliphatic hydroxyl groups is 2. The average molecular weight is 355 g/mol. The zero-order valence-corrected chi connectivity index (χ0v) is 14.3. The summed E-state index contributed by atoms with van der Waals surface area (Å²) in [5.41, 5.74) is 2.29. The first-order valence-corrected chi connectivity index (χ1v) is 8.54. The average Bonchev–Trinajstić information content (AvgIpc) is 3.11. The smallest absolute Gasteiger partial charge is 0.269 e. The molecule has 0 aliphatic rings. The SMILES string of the molecule is Cc1ccc(C(O)c2ccc(C(O)c3cccc([N+](=O)[O-])c3)s2)cc1. The molecule has 0 aliphatic carbocycles. The molecule has 0 radical (unpaired) electrons. The van der Waals surface area contributed by atoms with E-state index in [1.165, 1.54) is 23.5 Å². The maximum absolute atomic E-state index is 10.9. The van der Waals surface area contributed by atoms with Crippen LogP contribution in [0.25, 0.3) is 0 Å². The third-order valence-electron chi connectivity index (χ3n) is 3.98. The Morgan fingerprint density at radius 1 is 0.920 bits per heavy atom. The van der Waals surface area contributed by atoms with Gasteiger partial charge in [0.05, 0.1) is 4.92 Å². The van der Waals surface area contributed by atoms with Crippen LogP contribution in [0, 0.1) is 17.0 Å². The van der Waals surface area contributed by atoms with Crippen LogP contribution < -0.4 is 0 Å². The van der Waals surface area contributed by atoms with Gasteiger partial charge in [0.15, 0.2) is 0 Å². The van der Waals surface area contributed by atoms with E-state index in [1.807, 2.05) is 31.2 Å². The molecule has 0 bridgehead atoms. The molecule has 2 atom stereocenters. The minimum absolute atomic E-state index is 0.0620. The van der Waals surface area contributed by atoms with Gasteiger partial charge in [-0.3, -0.25) is 10.1 Å². The molecule has 3 rings (SSSR count). The Labute approximate surface area is 149 Å². The number of nitro benzene ring substituents is 1. The molecule has 0 amide bonds. The molecule has 2 aromatic carbocycles. The molecule has 0 saturated heterocycles. The number of thiophene rings is 1. The topological polar surface area (TPSA) is 83.6 Å². The number of nitro groups is 1. The Morgan fingerprint density at radius 2 is 1.52 bits per heavy atom. The maximum Gasteiger partial charge on any atom is 0.269 e. The van der Waals surface area contributed by atoms with E-state index in [0.717, 1.165) is 11.1 Å². The van der Waals surface area contributed by atoms with Crippen molar-refractivity contribution in [1.82, 2.24) is 0 Å². The Balaban J connectivity index is 1.84. The van der Waals surface area contributed by atoms with E-state index in [2.05, 4.69) is 0 Å². The van der Waals surface area contributed by atoms with Crippen molar-refractivity contribution in [2.75, 3.05) is 0 Å². The highest BCUT2D eigenvalue weighted by molar-refractivity contribution is 7.12. The lowest BCUT2D eigenvalue weighted by Crippen LogP contribution is -1.99. The Kier molecular flexibility index (Phi) is 4.94. The zero-order valence-electron chi connectivity index (χ0n) is 13.5. The summed E-state index contributed by atoms with van der Waals surface area (Å²) in [5.74, 6) is 0. The largest absolute Gasteiger partial charge is 0.383 e. The van der Waals surface area contributed by atoms with Crippen molar-refractivity contribution in [2.24, 2.45) is 0 Å². The van der Waals surface area contributed by atoms with Gasteiger partial charge in [0.25, 0.3) is 5.69 Å². The predicted molar refractivity (Wildman–Crippen MR) is 96.7 cm³/mol. The highest BCUT2D eigenvalue weighted by atomic mass is 32.1. The van der Waals surface area contributed by atoms with Crippen molar-refractivity contribution in [3.63, 3.8) is 0 Å². The zero-order chi connectivity index (χ0) is 18.0. The van der Waals surface area contributed by atoms with Crippen LogP contribution in [0.2, 0.25) is 0 Å². The van der Waals surface area contributed by atoms with Crippen LogP contribution >= 0.6 is 11.3 Å². The summed E-state index contributed by atoms with van der Waals surface area (Å²) in [4.78, 5) is 11.7. The van der Waals surface area contributed by atoms with E-state index in [-0.39, 0.29) is 5.69 Å². The molecule has 128 valence electrons. The second-order valence-corrected chi connectivity index (χ2v) is 6.95. The molecule has 25 heavy (non-hydrogen) atoms. The van der Waals surface area contributed by atoms with E-state index in [4.69, 9.17) is 0 Å².